The molecule has 1 heterocycles. The Morgan fingerprint density at radius 3 is 2.46 bits per heavy atom. The highest BCUT2D eigenvalue weighted by molar-refractivity contribution is 9.10. The number of anilines is 1. The van der Waals surface area contributed by atoms with Crippen molar-refractivity contribution in [1.29, 1.82) is 0 Å². The lowest BCUT2D eigenvalue weighted by molar-refractivity contribution is -0.118. The second kappa shape index (κ2) is 8.26. The van der Waals surface area contributed by atoms with Crippen LogP contribution in [0.4, 0.5) is 5.69 Å². The molecule has 0 saturated heterocycles. The average Bonchev–Trinajstić information content (AvgIpc) is 2.53. The fourth-order valence-corrected chi connectivity index (χ4v) is 4.58. The van der Waals surface area contributed by atoms with Crippen LogP contribution in [-0.2, 0) is 24.3 Å². The van der Waals surface area contributed by atoms with Crippen molar-refractivity contribution in [2.24, 2.45) is 0 Å². The maximum Gasteiger partial charge on any atom is 0.262 e. The van der Waals surface area contributed by atoms with Crippen molar-refractivity contribution in [3.8, 4) is 5.75 Å². The zero-order valence-corrected chi connectivity index (χ0v) is 15.8. The summed E-state index contributed by atoms with van der Waals surface area (Å²) in [5.41, 5.74) is 0.428. The lowest BCUT2D eigenvalue weighted by Gasteiger charge is -2.24. The normalized spacial score (nSPS) is 14.2. The molecule has 0 atom stereocenters. The molecule has 1 aliphatic heterocycles. The second-order valence-electron chi connectivity index (χ2n) is 5.01. The van der Waals surface area contributed by atoms with E-state index >= 15 is 0 Å². The third kappa shape index (κ3) is 4.25. The predicted octanol–water partition coefficient (Wildman–Crippen LogP) is 1.06. The minimum absolute atomic E-state index is 0.0598. The number of benzene rings is 1. The van der Waals surface area contributed by atoms with Gasteiger partial charge >= 0.3 is 0 Å². The molecule has 24 heavy (non-hydrogen) atoms. The van der Waals surface area contributed by atoms with Gasteiger partial charge in [0, 0.05) is 37.8 Å². The van der Waals surface area contributed by atoms with Gasteiger partial charge < -0.3 is 19.5 Å². The molecule has 1 N–H and O–H groups in total. The van der Waals surface area contributed by atoms with Crippen molar-refractivity contribution in [3.63, 3.8) is 0 Å². The van der Waals surface area contributed by atoms with Gasteiger partial charge in [-0.25, -0.2) is 8.42 Å². The molecule has 0 bridgehead atoms. The van der Waals surface area contributed by atoms with Crippen LogP contribution in [0.2, 0.25) is 0 Å². The summed E-state index contributed by atoms with van der Waals surface area (Å²) in [6.45, 7) is 0.772. The molecule has 0 saturated carbocycles. The van der Waals surface area contributed by atoms with Gasteiger partial charge in [0.2, 0.25) is 10.0 Å². The number of amides is 1. The summed E-state index contributed by atoms with van der Waals surface area (Å²) in [5.74, 6) is 0.0293. The molecule has 1 aromatic rings. The fourth-order valence-electron chi connectivity index (χ4n) is 2.16. The first-order valence-electron chi connectivity index (χ1n) is 7.14. The highest BCUT2D eigenvalue weighted by atomic mass is 79.9. The molecule has 1 amide bonds. The van der Waals surface area contributed by atoms with Crippen molar-refractivity contribution in [2.75, 3.05) is 52.4 Å². The maximum atomic E-state index is 13.0. The minimum Gasteiger partial charge on any atom is -0.482 e. The van der Waals surface area contributed by atoms with Gasteiger partial charge in [-0.15, -0.1) is 0 Å². The second-order valence-corrected chi connectivity index (χ2v) is 7.77. The Morgan fingerprint density at radius 1 is 1.25 bits per heavy atom. The van der Waals surface area contributed by atoms with Crippen LogP contribution in [-0.4, -0.2) is 65.8 Å². The van der Waals surface area contributed by atoms with Gasteiger partial charge in [-0.3, -0.25) is 4.79 Å². The molecule has 1 aromatic carbocycles. The highest BCUT2D eigenvalue weighted by Crippen LogP contribution is 2.36. The van der Waals surface area contributed by atoms with Crippen LogP contribution in [0.3, 0.4) is 0 Å². The van der Waals surface area contributed by atoms with E-state index in [4.69, 9.17) is 14.2 Å². The smallest absolute Gasteiger partial charge is 0.262 e. The number of carbonyl (C=O) groups is 1. The quantitative estimate of drug-likeness (QED) is 0.672. The molecule has 10 heteroatoms. The van der Waals surface area contributed by atoms with E-state index in [9.17, 15) is 13.2 Å². The van der Waals surface area contributed by atoms with E-state index in [-0.39, 0.29) is 43.7 Å². The molecule has 0 fully saturated rings. The molecular formula is C14H19BrN2O6S. The topological polar surface area (TPSA) is 94.2 Å². The minimum atomic E-state index is -3.79. The molecule has 0 aromatic heterocycles. The van der Waals surface area contributed by atoms with Gasteiger partial charge in [0.1, 0.15) is 10.6 Å². The van der Waals surface area contributed by atoms with E-state index in [1.54, 1.807) is 0 Å². The molecule has 0 spiro atoms. The van der Waals surface area contributed by atoms with E-state index in [0.717, 1.165) is 0 Å². The number of halogens is 1. The van der Waals surface area contributed by atoms with E-state index in [1.165, 1.54) is 30.7 Å². The van der Waals surface area contributed by atoms with E-state index in [1.807, 2.05) is 0 Å². The van der Waals surface area contributed by atoms with Gasteiger partial charge in [-0.2, -0.15) is 4.31 Å². The zero-order valence-electron chi connectivity index (χ0n) is 13.4. The first kappa shape index (κ1) is 19.1. The lowest BCUT2D eigenvalue weighted by atomic mass is 10.2. The van der Waals surface area contributed by atoms with Crippen molar-refractivity contribution in [2.45, 2.75) is 4.90 Å². The number of nitrogens with one attached hydrogen (secondary N) is 1. The first-order valence-corrected chi connectivity index (χ1v) is 9.37. The summed E-state index contributed by atoms with van der Waals surface area (Å²) in [7, 11) is -0.777. The van der Waals surface area contributed by atoms with E-state index < -0.39 is 10.0 Å². The van der Waals surface area contributed by atoms with Crippen molar-refractivity contribution < 1.29 is 27.4 Å². The molecule has 8 nitrogen and oxygen atoms in total. The van der Waals surface area contributed by atoms with Crippen LogP contribution in [0.5, 0.6) is 5.75 Å². The number of fused-ring (bicyclic) bond motifs is 1. The number of hydrogen-bond donors (Lipinski definition) is 1. The predicted molar refractivity (Wildman–Crippen MR) is 90.8 cm³/mol. The van der Waals surface area contributed by atoms with Crippen LogP contribution in [0.1, 0.15) is 0 Å². The summed E-state index contributed by atoms with van der Waals surface area (Å²) in [6, 6.07) is 2.92. The largest absolute Gasteiger partial charge is 0.482 e. The Balaban J connectivity index is 2.37. The monoisotopic (exact) mass is 422 g/mol. The van der Waals surface area contributed by atoms with Gasteiger partial charge in [-0.1, -0.05) is 0 Å². The summed E-state index contributed by atoms with van der Waals surface area (Å²) in [4.78, 5) is 11.4. The van der Waals surface area contributed by atoms with Gasteiger partial charge in [0.25, 0.3) is 5.91 Å². The summed E-state index contributed by atoms with van der Waals surface area (Å²) in [6.07, 6.45) is 0. The van der Waals surface area contributed by atoms with E-state index in [2.05, 4.69) is 21.2 Å². The number of rotatable bonds is 8. The van der Waals surface area contributed by atoms with Crippen LogP contribution in [0.15, 0.2) is 21.5 Å². The molecule has 2 rings (SSSR count). The number of methoxy groups -OCH3 is 2. The van der Waals surface area contributed by atoms with Crippen LogP contribution in [0, 0.1) is 0 Å². The number of nitrogens with zero attached hydrogens (tertiary/aromatic N) is 1. The SMILES string of the molecule is COCCN(CCOC)S(=O)(=O)c1cc2c(cc1Br)NC(=O)CO2. The Labute approximate surface area is 149 Å². The number of carbonyl (C=O) groups excluding carboxylic acids is 1. The molecule has 134 valence electrons. The molecule has 1 aliphatic rings. The Kier molecular flexibility index (Phi) is 6.58. The fraction of sp³-hybridized carbons (Fsp3) is 0.500. The Hall–Kier alpha value is -1.20. The third-order valence-corrected chi connectivity index (χ3v) is 6.23. The van der Waals surface area contributed by atoms with Crippen LogP contribution in [0.25, 0.3) is 0 Å². The van der Waals surface area contributed by atoms with Crippen molar-refractivity contribution >= 4 is 37.5 Å². The maximum absolute atomic E-state index is 13.0. The molecule has 0 unspecified atom stereocenters. The lowest BCUT2D eigenvalue weighted by Crippen LogP contribution is -2.36. The summed E-state index contributed by atoms with van der Waals surface area (Å²) < 4.78 is 42.8. The van der Waals surface area contributed by atoms with Gasteiger partial charge in [0.15, 0.2) is 6.61 Å². The highest BCUT2D eigenvalue weighted by Gasteiger charge is 2.29. The standard InChI is InChI=1S/C14H19BrN2O6S/c1-21-5-3-17(4-6-22-2)24(19,20)13-8-12-11(7-10(13)15)16-14(18)9-23-12/h7-8H,3-6,9H2,1-2H3,(H,16,18). The van der Waals surface area contributed by atoms with Crippen LogP contribution < -0.4 is 10.1 Å². The third-order valence-electron chi connectivity index (χ3n) is 3.37. The molecule has 0 aliphatic carbocycles. The molecule has 0 radical (unpaired) electrons. The zero-order chi connectivity index (χ0) is 17.7. The summed E-state index contributed by atoms with van der Waals surface area (Å²) >= 11 is 3.26. The van der Waals surface area contributed by atoms with Gasteiger partial charge in [-0.05, 0) is 22.0 Å². The molecular weight excluding hydrogens is 404 g/mol. The number of ether oxygens (including phenoxy) is 3. The van der Waals surface area contributed by atoms with Gasteiger partial charge in [0.05, 0.1) is 18.9 Å². The number of hydrogen-bond acceptors (Lipinski definition) is 6. The first-order chi connectivity index (χ1) is 11.4. The Bertz CT molecular complexity index is 701. The van der Waals surface area contributed by atoms with Crippen LogP contribution >= 0.6 is 15.9 Å². The average molecular weight is 423 g/mol. The van der Waals surface area contributed by atoms with E-state index in [0.29, 0.717) is 15.9 Å². The summed E-state index contributed by atoms with van der Waals surface area (Å²) in [5, 5.41) is 2.63. The van der Waals surface area contributed by atoms with Crippen molar-refractivity contribution in [1.82, 2.24) is 4.31 Å². The Morgan fingerprint density at radius 2 is 1.88 bits per heavy atom. The number of sulfonamides is 1. The van der Waals surface area contributed by atoms with Crippen molar-refractivity contribution in [3.05, 3.63) is 16.6 Å².